The molecule has 182 valence electrons. The molecule has 1 aromatic rings. The molecule has 35 heavy (non-hydrogen) atoms. The molecule has 2 amide bonds. The van der Waals surface area contributed by atoms with Crippen molar-refractivity contribution in [2.24, 2.45) is 17.8 Å². The molecular weight excluding hydrogens is 467 g/mol. The maximum Gasteiger partial charge on any atom is 0.573 e. The molecule has 1 aliphatic heterocycles. The predicted molar refractivity (Wildman–Crippen MR) is 114 cm³/mol. The molecule has 5 rings (SSSR count). The summed E-state index contributed by atoms with van der Waals surface area (Å²) in [6.07, 6.45) is -1.83. The number of hydrogen-bond acceptors (Lipinski definition) is 6. The normalized spacial score (nSPS) is 28.4. The Kier molecular flexibility index (Phi) is 5.05. The highest BCUT2D eigenvalue weighted by Crippen LogP contribution is 2.56. The van der Waals surface area contributed by atoms with Crippen LogP contribution in [0.2, 0.25) is 0 Å². The van der Waals surface area contributed by atoms with Crippen molar-refractivity contribution >= 4 is 23.4 Å². The number of ketones is 2. The van der Waals surface area contributed by atoms with Gasteiger partial charge in [-0.05, 0) is 50.0 Å². The van der Waals surface area contributed by atoms with E-state index in [0.29, 0.717) is 5.57 Å². The van der Waals surface area contributed by atoms with E-state index in [1.807, 2.05) is 0 Å². The minimum absolute atomic E-state index is 0.0412. The van der Waals surface area contributed by atoms with Gasteiger partial charge in [-0.2, -0.15) is 0 Å². The van der Waals surface area contributed by atoms with Crippen LogP contribution in [0.4, 0.5) is 13.2 Å². The number of aromatic hydroxyl groups is 1. The first kappa shape index (κ1) is 23.1. The van der Waals surface area contributed by atoms with Gasteiger partial charge in [-0.25, -0.2) is 0 Å². The van der Waals surface area contributed by atoms with E-state index < -0.39 is 59.0 Å². The molecule has 0 unspecified atom stereocenters. The fraction of sp³-hybridized carbons (Fsp3) is 0.360. The van der Waals surface area contributed by atoms with Gasteiger partial charge in [-0.15, -0.1) is 13.2 Å². The van der Waals surface area contributed by atoms with E-state index in [1.165, 1.54) is 20.0 Å². The van der Waals surface area contributed by atoms with Crippen molar-refractivity contribution in [2.45, 2.75) is 32.0 Å². The summed E-state index contributed by atoms with van der Waals surface area (Å²) in [5, 5.41) is 10.7. The number of likely N-dealkylation sites (tertiary alicyclic amines) is 1. The number of imide groups is 1. The average molecular weight is 487 g/mol. The molecule has 10 heteroatoms. The number of hydrogen-bond donors (Lipinski definition) is 1. The van der Waals surface area contributed by atoms with Gasteiger partial charge < -0.3 is 9.84 Å². The highest BCUT2D eigenvalue weighted by molar-refractivity contribution is 6.24. The van der Waals surface area contributed by atoms with E-state index in [-0.39, 0.29) is 41.0 Å². The predicted octanol–water partition coefficient (Wildman–Crippen LogP) is 3.35. The van der Waals surface area contributed by atoms with Gasteiger partial charge in [0, 0.05) is 35.2 Å². The van der Waals surface area contributed by atoms with E-state index in [1.54, 1.807) is 6.08 Å². The van der Waals surface area contributed by atoms with Gasteiger partial charge in [-0.3, -0.25) is 24.1 Å². The standard InChI is InChI=1S/C25H20F3NO6/c1-10-7-18(31)16-9-14-12(4-5-13-20(14)24(34)29(2)23(13)33)19(21(16)22(10)32)15-8-11(3-6-17(15)30)35-25(26,27)28/h3-4,6-8,13-14,19-20,30H,5,9H2,1-2H3/t13-,14+,19+,20-/m0/s1. The third-order valence-corrected chi connectivity index (χ3v) is 7.33. The van der Waals surface area contributed by atoms with Crippen LogP contribution >= 0.6 is 0 Å². The summed E-state index contributed by atoms with van der Waals surface area (Å²) in [7, 11) is 1.39. The zero-order valence-electron chi connectivity index (χ0n) is 18.7. The first-order chi connectivity index (χ1) is 16.4. The number of nitrogens with zero attached hydrogens (tertiary/aromatic N) is 1. The van der Waals surface area contributed by atoms with Crippen molar-refractivity contribution in [3.05, 3.63) is 58.2 Å². The van der Waals surface area contributed by atoms with E-state index >= 15 is 0 Å². The number of carbonyl (C=O) groups is 4. The monoisotopic (exact) mass is 487 g/mol. The summed E-state index contributed by atoms with van der Waals surface area (Å²) >= 11 is 0. The molecule has 1 saturated heterocycles. The lowest BCUT2D eigenvalue weighted by Gasteiger charge is -2.42. The minimum Gasteiger partial charge on any atom is -0.508 e. The highest BCUT2D eigenvalue weighted by atomic mass is 19.4. The molecule has 0 radical (unpaired) electrons. The number of phenols is 1. The zero-order chi connectivity index (χ0) is 25.4. The SMILES string of the molecule is CC1=CC(=O)C2=C(C1=O)[C@@H](c1cc(OC(F)(F)F)ccc1O)C1=CC[C@@H]3C(=O)N(C)C(=O)[C@@H]3[C@@H]1C2. The first-order valence-corrected chi connectivity index (χ1v) is 11.0. The molecule has 4 atom stereocenters. The second-order valence-corrected chi connectivity index (χ2v) is 9.23. The second-order valence-electron chi connectivity index (χ2n) is 9.23. The molecule has 0 spiro atoms. The molecule has 1 fully saturated rings. The third-order valence-electron chi connectivity index (χ3n) is 7.33. The molecule has 1 aromatic carbocycles. The maximum atomic E-state index is 13.3. The van der Waals surface area contributed by atoms with Crippen molar-refractivity contribution in [3.63, 3.8) is 0 Å². The summed E-state index contributed by atoms with van der Waals surface area (Å²) in [4.78, 5) is 52.9. The Balaban J connectivity index is 1.71. The number of benzene rings is 1. The Morgan fingerprint density at radius 1 is 1.09 bits per heavy atom. The molecule has 4 aliphatic rings. The van der Waals surface area contributed by atoms with Crippen LogP contribution in [0.1, 0.15) is 31.2 Å². The van der Waals surface area contributed by atoms with Crippen LogP contribution < -0.4 is 4.74 Å². The number of allylic oxidation sites excluding steroid dienone is 6. The van der Waals surface area contributed by atoms with Crippen LogP contribution in [0.5, 0.6) is 11.5 Å². The van der Waals surface area contributed by atoms with Gasteiger partial charge in [0.15, 0.2) is 11.6 Å². The lowest BCUT2D eigenvalue weighted by atomic mass is 9.59. The van der Waals surface area contributed by atoms with E-state index in [0.717, 1.165) is 23.1 Å². The Morgan fingerprint density at radius 2 is 1.80 bits per heavy atom. The van der Waals surface area contributed by atoms with Crippen molar-refractivity contribution in [3.8, 4) is 11.5 Å². The summed E-state index contributed by atoms with van der Waals surface area (Å²) < 4.78 is 42.7. The lowest BCUT2D eigenvalue weighted by molar-refractivity contribution is -0.274. The molecule has 1 heterocycles. The Hall–Kier alpha value is -3.69. The summed E-state index contributed by atoms with van der Waals surface area (Å²) in [5.41, 5.74) is 0.859. The maximum absolute atomic E-state index is 13.3. The van der Waals surface area contributed by atoms with Gasteiger partial charge in [0.2, 0.25) is 11.8 Å². The molecular formula is C25H20F3NO6. The molecule has 0 bridgehead atoms. The van der Waals surface area contributed by atoms with Gasteiger partial charge in [0.05, 0.1) is 11.8 Å². The number of rotatable bonds is 2. The van der Waals surface area contributed by atoms with Crippen LogP contribution in [0, 0.1) is 17.8 Å². The number of halogens is 3. The number of phenolic OH excluding ortho intramolecular Hbond substituents is 1. The molecule has 0 aromatic heterocycles. The van der Waals surface area contributed by atoms with Crippen molar-refractivity contribution in [1.82, 2.24) is 4.90 Å². The van der Waals surface area contributed by atoms with Crippen molar-refractivity contribution in [1.29, 1.82) is 0 Å². The summed E-state index contributed by atoms with van der Waals surface area (Å²) in [6.45, 7) is 1.47. The van der Waals surface area contributed by atoms with E-state index in [4.69, 9.17) is 0 Å². The smallest absolute Gasteiger partial charge is 0.508 e. The molecule has 0 saturated carbocycles. The van der Waals surface area contributed by atoms with E-state index in [2.05, 4.69) is 4.74 Å². The summed E-state index contributed by atoms with van der Waals surface area (Å²) in [6, 6.07) is 2.97. The van der Waals surface area contributed by atoms with Crippen molar-refractivity contribution in [2.75, 3.05) is 7.05 Å². The summed E-state index contributed by atoms with van der Waals surface area (Å²) in [5.74, 6) is -5.72. The van der Waals surface area contributed by atoms with Gasteiger partial charge in [-0.1, -0.05) is 11.6 Å². The molecule has 7 nitrogen and oxygen atoms in total. The first-order valence-electron chi connectivity index (χ1n) is 11.0. The fourth-order valence-electron chi connectivity index (χ4n) is 5.84. The minimum atomic E-state index is -4.98. The zero-order valence-corrected chi connectivity index (χ0v) is 18.7. The lowest BCUT2D eigenvalue weighted by Crippen LogP contribution is -2.39. The Labute approximate surface area is 197 Å². The van der Waals surface area contributed by atoms with Crippen LogP contribution in [0.15, 0.2) is 52.6 Å². The van der Waals surface area contributed by atoms with Crippen LogP contribution in [0.25, 0.3) is 0 Å². The van der Waals surface area contributed by atoms with Crippen LogP contribution in [-0.4, -0.2) is 46.8 Å². The van der Waals surface area contributed by atoms with Crippen LogP contribution in [-0.2, 0) is 19.2 Å². The highest BCUT2D eigenvalue weighted by Gasteiger charge is 2.55. The Bertz CT molecular complexity index is 1300. The molecule has 3 aliphatic carbocycles. The van der Waals surface area contributed by atoms with Gasteiger partial charge >= 0.3 is 6.36 Å². The number of ether oxygens (including phenoxy) is 1. The van der Waals surface area contributed by atoms with Crippen molar-refractivity contribution < 1.29 is 42.2 Å². The third kappa shape index (κ3) is 3.50. The van der Waals surface area contributed by atoms with Gasteiger partial charge in [0.1, 0.15) is 11.5 Å². The Morgan fingerprint density at radius 3 is 2.49 bits per heavy atom. The topological polar surface area (TPSA) is 101 Å². The number of alkyl halides is 3. The number of Topliss-reactive ketones (excluding diaryl/α,β-unsaturated/α-hetero) is 1. The fourth-order valence-corrected chi connectivity index (χ4v) is 5.84. The number of fused-ring (bicyclic) bond motifs is 3. The number of carbonyl (C=O) groups excluding carboxylic acids is 4. The number of amides is 2. The largest absolute Gasteiger partial charge is 0.573 e. The average Bonchev–Trinajstić information content (AvgIpc) is 3.01. The van der Waals surface area contributed by atoms with Crippen LogP contribution in [0.3, 0.4) is 0 Å². The van der Waals surface area contributed by atoms with E-state index in [9.17, 15) is 37.5 Å². The second kappa shape index (κ2) is 7.66. The molecule has 1 N–H and O–H groups in total. The quantitative estimate of drug-likeness (QED) is 0.390. The van der Waals surface area contributed by atoms with Gasteiger partial charge in [0.25, 0.3) is 0 Å².